The lowest BCUT2D eigenvalue weighted by atomic mass is 9.93. The SMILES string of the molecule is NS(=O)(=O)C1C(F)=CC=C(c2ccccc2)C1(F)F. The minimum atomic E-state index is -4.76. The lowest BCUT2D eigenvalue weighted by Gasteiger charge is -2.29. The Labute approximate surface area is 108 Å². The van der Waals surface area contributed by atoms with E-state index in [0.717, 1.165) is 6.08 Å². The number of rotatable bonds is 2. The Hall–Kier alpha value is -1.60. The van der Waals surface area contributed by atoms with E-state index in [-0.39, 0.29) is 5.56 Å². The Balaban J connectivity index is 2.59. The highest BCUT2D eigenvalue weighted by atomic mass is 32.2. The van der Waals surface area contributed by atoms with Crippen LogP contribution in [0, 0.1) is 0 Å². The fourth-order valence-electron chi connectivity index (χ4n) is 1.95. The Bertz CT molecular complexity index is 651. The van der Waals surface area contributed by atoms with Crippen LogP contribution in [0.15, 0.2) is 48.3 Å². The van der Waals surface area contributed by atoms with Crippen LogP contribution in [0.25, 0.3) is 5.57 Å². The van der Waals surface area contributed by atoms with Gasteiger partial charge in [0.1, 0.15) is 5.83 Å². The number of nitrogens with two attached hydrogens (primary N) is 1. The van der Waals surface area contributed by atoms with Gasteiger partial charge in [-0.15, -0.1) is 0 Å². The quantitative estimate of drug-likeness (QED) is 0.907. The molecule has 0 heterocycles. The van der Waals surface area contributed by atoms with Crippen molar-refractivity contribution in [3.63, 3.8) is 0 Å². The van der Waals surface area contributed by atoms with Crippen molar-refractivity contribution in [2.24, 2.45) is 5.14 Å². The highest BCUT2D eigenvalue weighted by Crippen LogP contribution is 2.43. The first kappa shape index (κ1) is 13.8. The average Bonchev–Trinajstić information content (AvgIpc) is 2.27. The van der Waals surface area contributed by atoms with Crippen molar-refractivity contribution in [3.8, 4) is 0 Å². The summed E-state index contributed by atoms with van der Waals surface area (Å²) >= 11 is 0. The smallest absolute Gasteiger partial charge is 0.228 e. The summed E-state index contributed by atoms with van der Waals surface area (Å²) in [6, 6.07) is 7.44. The lowest BCUT2D eigenvalue weighted by Crippen LogP contribution is -2.46. The van der Waals surface area contributed by atoms with Gasteiger partial charge in [0.05, 0.1) is 0 Å². The van der Waals surface area contributed by atoms with Crippen molar-refractivity contribution in [2.75, 3.05) is 0 Å². The minimum absolute atomic E-state index is 0.116. The van der Waals surface area contributed by atoms with Gasteiger partial charge < -0.3 is 0 Å². The van der Waals surface area contributed by atoms with E-state index in [0.29, 0.717) is 6.08 Å². The summed E-state index contributed by atoms with van der Waals surface area (Å²) in [5, 5.41) is 2.02. The van der Waals surface area contributed by atoms with Crippen LogP contribution in [0.2, 0.25) is 0 Å². The lowest BCUT2D eigenvalue weighted by molar-refractivity contribution is 0.0635. The monoisotopic (exact) mass is 289 g/mol. The second-order valence-corrected chi connectivity index (χ2v) is 5.74. The molecule has 0 saturated heterocycles. The van der Waals surface area contributed by atoms with Gasteiger partial charge in [-0.3, -0.25) is 0 Å². The molecule has 1 unspecified atom stereocenters. The topological polar surface area (TPSA) is 60.2 Å². The molecule has 1 aromatic rings. The Kier molecular flexibility index (Phi) is 3.27. The third-order valence-corrected chi connectivity index (χ3v) is 3.94. The fraction of sp³-hybridized carbons (Fsp3) is 0.167. The summed E-state index contributed by atoms with van der Waals surface area (Å²) in [5.74, 6) is -5.39. The molecule has 2 rings (SSSR count). The molecule has 1 aliphatic rings. The Morgan fingerprint density at radius 1 is 1.11 bits per heavy atom. The van der Waals surface area contributed by atoms with Crippen molar-refractivity contribution >= 4 is 15.6 Å². The highest BCUT2D eigenvalue weighted by Gasteiger charge is 2.53. The third kappa shape index (κ3) is 2.43. The minimum Gasteiger partial charge on any atom is -0.228 e. The first-order chi connectivity index (χ1) is 8.74. The van der Waals surface area contributed by atoms with E-state index < -0.39 is 32.6 Å². The number of sulfonamides is 1. The number of alkyl halides is 2. The van der Waals surface area contributed by atoms with Gasteiger partial charge in [-0.1, -0.05) is 30.3 Å². The van der Waals surface area contributed by atoms with Crippen molar-refractivity contribution in [1.29, 1.82) is 0 Å². The van der Waals surface area contributed by atoms with Gasteiger partial charge in [-0.05, 0) is 17.7 Å². The molecule has 1 atom stereocenters. The first-order valence-corrected chi connectivity index (χ1v) is 6.88. The van der Waals surface area contributed by atoms with Gasteiger partial charge in [0.2, 0.25) is 10.0 Å². The van der Waals surface area contributed by atoms with Crippen LogP contribution < -0.4 is 5.14 Å². The molecule has 19 heavy (non-hydrogen) atoms. The third-order valence-electron chi connectivity index (χ3n) is 2.76. The van der Waals surface area contributed by atoms with Crippen molar-refractivity contribution in [2.45, 2.75) is 11.2 Å². The van der Waals surface area contributed by atoms with Crippen LogP contribution in [0.5, 0.6) is 0 Å². The van der Waals surface area contributed by atoms with Crippen LogP contribution in [0.4, 0.5) is 13.2 Å². The van der Waals surface area contributed by atoms with Gasteiger partial charge in [0, 0.05) is 5.57 Å². The van der Waals surface area contributed by atoms with Crippen LogP contribution in [-0.4, -0.2) is 19.6 Å². The largest absolute Gasteiger partial charge is 0.298 e. The Morgan fingerprint density at radius 2 is 1.68 bits per heavy atom. The zero-order chi connectivity index (χ0) is 14.3. The predicted octanol–water partition coefficient (Wildman–Crippen LogP) is 2.23. The number of allylic oxidation sites excluding steroid dienone is 3. The molecule has 0 fully saturated rings. The van der Waals surface area contributed by atoms with E-state index in [1.54, 1.807) is 6.07 Å². The first-order valence-electron chi connectivity index (χ1n) is 5.27. The van der Waals surface area contributed by atoms with E-state index in [1.165, 1.54) is 24.3 Å². The number of hydrogen-bond donors (Lipinski definition) is 1. The molecule has 0 aromatic heterocycles. The summed E-state index contributed by atoms with van der Waals surface area (Å²) in [5.41, 5.74) is -0.460. The molecule has 7 heteroatoms. The molecular weight excluding hydrogens is 279 g/mol. The normalized spacial score (nSPS) is 22.6. The van der Waals surface area contributed by atoms with Crippen LogP contribution in [-0.2, 0) is 10.0 Å². The van der Waals surface area contributed by atoms with Crippen molar-refractivity contribution in [3.05, 3.63) is 53.9 Å². The van der Waals surface area contributed by atoms with E-state index in [9.17, 15) is 21.6 Å². The number of halogens is 3. The molecule has 0 amide bonds. The maximum Gasteiger partial charge on any atom is 0.298 e. The maximum absolute atomic E-state index is 14.2. The molecule has 0 bridgehead atoms. The van der Waals surface area contributed by atoms with E-state index in [1.807, 2.05) is 0 Å². The summed E-state index contributed by atoms with van der Waals surface area (Å²) in [4.78, 5) is 0. The van der Waals surface area contributed by atoms with Crippen LogP contribution >= 0.6 is 0 Å². The second-order valence-electron chi connectivity index (χ2n) is 4.09. The molecule has 102 valence electrons. The van der Waals surface area contributed by atoms with E-state index >= 15 is 0 Å². The average molecular weight is 289 g/mol. The molecule has 0 saturated carbocycles. The fourth-order valence-corrected chi connectivity index (χ4v) is 2.88. The van der Waals surface area contributed by atoms with Crippen LogP contribution in [0.3, 0.4) is 0 Å². The molecule has 1 aromatic carbocycles. The van der Waals surface area contributed by atoms with Gasteiger partial charge in [-0.2, -0.15) is 8.78 Å². The van der Waals surface area contributed by atoms with Gasteiger partial charge in [-0.25, -0.2) is 17.9 Å². The van der Waals surface area contributed by atoms with Gasteiger partial charge in [0.15, 0.2) is 5.25 Å². The highest BCUT2D eigenvalue weighted by molar-refractivity contribution is 7.90. The zero-order valence-electron chi connectivity index (χ0n) is 9.55. The summed E-state index contributed by atoms with van der Waals surface area (Å²) in [6.45, 7) is 0. The summed E-state index contributed by atoms with van der Waals surface area (Å²) in [7, 11) is -4.76. The van der Waals surface area contributed by atoms with Crippen molar-refractivity contribution < 1.29 is 21.6 Å². The maximum atomic E-state index is 14.2. The summed E-state index contributed by atoms with van der Waals surface area (Å²) in [6.07, 6.45) is 1.57. The number of primary sulfonamides is 1. The zero-order valence-corrected chi connectivity index (χ0v) is 10.4. The number of benzene rings is 1. The van der Waals surface area contributed by atoms with Gasteiger partial charge >= 0.3 is 0 Å². The molecule has 0 aliphatic heterocycles. The Morgan fingerprint density at radius 3 is 2.21 bits per heavy atom. The summed E-state index contributed by atoms with van der Waals surface area (Å²) < 4.78 is 64.1. The molecule has 3 nitrogen and oxygen atoms in total. The molecule has 2 N–H and O–H groups in total. The molecule has 0 radical (unpaired) electrons. The second kappa shape index (κ2) is 4.50. The van der Waals surface area contributed by atoms with E-state index in [4.69, 9.17) is 5.14 Å². The van der Waals surface area contributed by atoms with Crippen molar-refractivity contribution in [1.82, 2.24) is 0 Å². The van der Waals surface area contributed by atoms with E-state index in [2.05, 4.69) is 0 Å². The van der Waals surface area contributed by atoms with Gasteiger partial charge in [0.25, 0.3) is 5.92 Å². The predicted molar refractivity (Wildman–Crippen MR) is 65.5 cm³/mol. The van der Waals surface area contributed by atoms with Crippen LogP contribution in [0.1, 0.15) is 5.56 Å². The standard InChI is InChI=1S/C12H10F3NO2S/c13-10-7-6-9(8-4-2-1-3-5-8)12(14,15)11(10)19(16,17)18/h1-7,11H,(H2,16,17,18). The molecule has 1 aliphatic carbocycles. The number of hydrogen-bond acceptors (Lipinski definition) is 2. The molecule has 0 spiro atoms. The molecular formula is C12H10F3NO2S.